The highest BCUT2D eigenvalue weighted by Crippen LogP contribution is 2.66. The van der Waals surface area contributed by atoms with Gasteiger partial charge in [-0.05, 0) is 111 Å². The van der Waals surface area contributed by atoms with Crippen molar-refractivity contribution in [1.82, 2.24) is 0 Å². The molecule has 168 valence electrons. The lowest BCUT2D eigenvalue weighted by atomic mass is 9.47. The van der Waals surface area contributed by atoms with Gasteiger partial charge in [0.2, 0.25) is 0 Å². The molecule has 1 nitrogen and oxygen atoms in total. The van der Waals surface area contributed by atoms with E-state index in [2.05, 4.69) is 59.4 Å². The molecule has 0 aromatic carbocycles. The van der Waals surface area contributed by atoms with Crippen LogP contribution in [0.3, 0.4) is 0 Å². The van der Waals surface area contributed by atoms with Gasteiger partial charge in [-0.3, -0.25) is 0 Å². The summed E-state index contributed by atoms with van der Waals surface area (Å²) in [7, 11) is 0. The molecule has 0 saturated heterocycles. The highest BCUT2D eigenvalue weighted by molar-refractivity contribution is 5.28. The first kappa shape index (κ1) is 22.4. The second kappa shape index (κ2) is 8.27. The summed E-state index contributed by atoms with van der Waals surface area (Å²) in [4.78, 5) is 0. The molecule has 4 aliphatic carbocycles. The first-order valence-corrected chi connectivity index (χ1v) is 12.9. The van der Waals surface area contributed by atoms with Gasteiger partial charge in [0.25, 0.3) is 0 Å². The number of fused-ring (bicyclic) bond motifs is 5. The molecule has 0 radical (unpaired) electrons. The minimum absolute atomic E-state index is 0.0541. The van der Waals surface area contributed by atoms with Crippen LogP contribution in [0.5, 0.6) is 0 Å². The van der Waals surface area contributed by atoms with E-state index < -0.39 is 0 Å². The summed E-state index contributed by atoms with van der Waals surface area (Å²) in [5, 5.41) is 10.3. The van der Waals surface area contributed by atoms with Crippen LogP contribution in [0.1, 0.15) is 92.4 Å². The molecule has 1 N–H and O–H groups in total. The SMILES string of the molecule is C=C(C)[C@@H](/C=C/[C@@H](C)[C@H]1CC[C@H]2C3=CCC4CC(O)CC[C@]4(C)[C@H]3CC[C@]12C)CC. The van der Waals surface area contributed by atoms with E-state index in [-0.39, 0.29) is 6.10 Å². The molecular formula is C29H46O. The third-order valence-electron chi connectivity index (χ3n) is 10.5. The third-order valence-corrected chi connectivity index (χ3v) is 10.5. The molecule has 0 bridgehead atoms. The maximum Gasteiger partial charge on any atom is 0.0543 e. The quantitative estimate of drug-likeness (QED) is 0.460. The fraction of sp³-hybridized carbons (Fsp3) is 0.793. The van der Waals surface area contributed by atoms with E-state index in [1.807, 2.05) is 5.57 Å². The minimum atomic E-state index is -0.0541. The maximum absolute atomic E-state index is 10.3. The van der Waals surface area contributed by atoms with Crippen molar-refractivity contribution in [3.05, 3.63) is 36.0 Å². The Labute approximate surface area is 186 Å². The van der Waals surface area contributed by atoms with Crippen molar-refractivity contribution in [3.63, 3.8) is 0 Å². The fourth-order valence-electron chi connectivity index (χ4n) is 8.49. The number of hydrogen-bond donors (Lipinski definition) is 1. The van der Waals surface area contributed by atoms with Crippen molar-refractivity contribution in [2.75, 3.05) is 0 Å². The number of allylic oxidation sites excluding steroid dienone is 5. The van der Waals surface area contributed by atoms with E-state index in [0.717, 1.165) is 37.0 Å². The van der Waals surface area contributed by atoms with Crippen LogP contribution in [-0.2, 0) is 0 Å². The Hall–Kier alpha value is -0.820. The average Bonchev–Trinajstić information content (AvgIpc) is 3.06. The van der Waals surface area contributed by atoms with Gasteiger partial charge in [-0.1, -0.05) is 63.6 Å². The summed E-state index contributed by atoms with van der Waals surface area (Å²) in [6.45, 7) is 16.3. The molecule has 3 fully saturated rings. The van der Waals surface area contributed by atoms with Gasteiger partial charge in [0.05, 0.1) is 6.10 Å². The second-order valence-corrected chi connectivity index (χ2v) is 12.0. The summed E-state index contributed by atoms with van der Waals surface area (Å²) >= 11 is 0. The molecule has 9 atom stereocenters. The average molecular weight is 411 g/mol. The maximum atomic E-state index is 10.3. The number of hydrogen-bond acceptors (Lipinski definition) is 1. The van der Waals surface area contributed by atoms with Crippen LogP contribution >= 0.6 is 0 Å². The van der Waals surface area contributed by atoms with Crippen LogP contribution in [0.2, 0.25) is 0 Å². The van der Waals surface area contributed by atoms with Crippen LogP contribution < -0.4 is 0 Å². The zero-order valence-electron chi connectivity index (χ0n) is 20.3. The predicted octanol–water partition coefficient (Wildman–Crippen LogP) is 7.72. The van der Waals surface area contributed by atoms with Crippen molar-refractivity contribution >= 4 is 0 Å². The highest BCUT2D eigenvalue weighted by atomic mass is 16.3. The Morgan fingerprint density at radius 3 is 2.53 bits per heavy atom. The smallest absolute Gasteiger partial charge is 0.0543 e. The number of aliphatic hydroxyl groups is 1. The van der Waals surface area contributed by atoms with E-state index in [1.54, 1.807) is 0 Å². The molecule has 0 aliphatic heterocycles. The van der Waals surface area contributed by atoms with Crippen LogP contribution in [0.25, 0.3) is 0 Å². The van der Waals surface area contributed by atoms with E-state index in [1.165, 1.54) is 44.1 Å². The van der Waals surface area contributed by atoms with Gasteiger partial charge in [0.1, 0.15) is 0 Å². The minimum Gasteiger partial charge on any atom is -0.393 e. The standard InChI is InChI=1S/C29H46O/c1-7-21(19(2)3)9-8-20(4)25-12-13-26-24-11-10-22-18-23(30)14-16-28(22,5)27(24)15-17-29(25,26)6/h8-9,11,20-23,25-27,30H,2,7,10,12-18H2,1,3-6H3/b9-8+/t20-,21-,22?,23?,25-,26+,27+,28+,29-/m1/s1. The van der Waals surface area contributed by atoms with E-state index in [9.17, 15) is 5.11 Å². The lowest BCUT2D eigenvalue weighted by molar-refractivity contribution is -0.0414. The Kier molecular flexibility index (Phi) is 6.17. The molecule has 30 heavy (non-hydrogen) atoms. The number of aliphatic hydroxyl groups excluding tert-OH is 1. The van der Waals surface area contributed by atoms with Crippen molar-refractivity contribution in [2.45, 2.75) is 98.5 Å². The Bertz CT molecular complexity index is 716. The molecule has 4 aliphatic rings. The summed E-state index contributed by atoms with van der Waals surface area (Å²) in [6.07, 6.45) is 18.8. The third kappa shape index (κ3) is 3.58. The van der Waals surface area contributed by atoms with E-state index >= 15 is 0 Å². The first-order valence-electron chi connectivity index (χ1n) is 12.9. The molecular weight excluding hydrogens is 364 g/mol. The lowest BCUT2D eigenvalue weighted by Crippen LogP contribution is -2.49. The number of rotatable bonds is 5. The van der Waals surface area contributed by atoms with Crippen molar-refractivity contribution in [1.29, 1.82) is 0 Å². The van der Waals surface area contributed by atoms with E-state index in [4.69, 9.17) is 0 Å². The van der Waals surface area contributed by atoms with Gasteiger partial charge in [-0.2, -0.15) is 0 Å². The predicted molar refractivity (Wildman–Crippen MR) is 128 cm³/mol. The topological polar surface area (TPSA) is 20.2 Å². The molecule has 0 spiro atoms. The normalized spacial score (nSPS) is 45.3. The molecule has 0 aromatic heterocycles. The lowest BCUT2D eigenvalue weighted by Gasteiger charge is -2.57. The molecule has 0 heterocycles. The zero-order chi connectivity index (χ0) is 21.7. The van der Waals surface area contributed by atoms with Gasteiger partial charge in [-0.15, -0.1) is 0 Å². The molecule has 4 rings (SSSR count). The Morgan fingerprint density at radius 1 is 1.13 bits per heavy atom. The van der Waals surface area contributed by atoms with Crippen LogP contribution in [0.15, 0.2) is 36.0 Å². The van der Waals surface area contributed by atoms with Crippen molar-refractivity contribution in [2.24, 2.45) is 46.3 Å². The highest BCUT2D eigenvalue weighted by Gasteiger charge is 2.57. The van der Waals surface area contributed by atoms with Crippen LogP contribution in [0, 0.1) is 46.3 Å². The van der Waals surface area contributed by atoms with Gasteiger partial charge in [0, 0.05) is 0 Å². The zero-order valence-corrected chi connectivity index (χ0v) is 20.3. The van der Waals surface area contributed by atoms with E-state index in [0.29, 0.717) is 28.6 Å². The Morgan fingerprint density at radius 2 is 1.83 bits per heavy atom. The van der Waals surface area contributed by atoms with Crippen molar-refractivity contribution in [3.8, 4) is 0 Å². The molecule has 1 heteroatoms. The molecule has 3 saturated carbocycles. The first-order chi connectivity index (χ1) is 14.2. The molecule has 2 unspecified atom stereocenters. The van der Waals surface area contributed by atoms with Crippen LogP contribution in [0.4, 0.5) is 0 Å². The monoisotopic (exact) mass is 410 g/mol. The fourth-order valence-corrected chi connectivity index (χ4v) is 8.49. The summed E-state index contributed by atoms with van der Waals surface area (Å²) in [5.74, 6) is 4.27. The Balaban J connectivity index is 1.54. The van der Waals surface area contributed by atoms with Gasteiger partial charge in [0.15, 0.2) is 0 Å². The molecule has 0 aromatic rings. The summed E-state index contributed by atoms with van der Waals surface area (Å²) < 4.78 is 0. The summed E-state index contributed by atoms with van der Waals surface area (Å²) in [6, 6.07) is 0. The molecule has 0 amide bonds. The van der Waals surface area contributed by atoms with Crippen LogP contribution in [-0.4, -0.2) is 11.2 Å². The van der Waals surface area contributed by atoms with Gasteiger partial charge < -0.3 is 5.11 Å². The van der Waals surface area contributed by atoms with Gasteiger partial charge in [-0.25, -0.2) is 0 Å². The second-order valence-electron chi connectivity index (χ2n) is 12.0. The van der Waals surface area contributed by atoms with Gasteiger partial charge >= 0.3 is 0 Å². The van der Waals surface area contributed by atoms with Crippen molar-refractivity contribution < 1.29 is 5.11 Å². The largest absolute Gasteiger partial charge is 0.393 e. The summed E-state index contributed by atoms with van der Waals surface area (Å²) in [5.41, 5.74) is 4.04.